The predicted molar refractivity (Wildman–Crippen MR) is 105 cm³/mol. The summed E-state index contributed by atoms with van der Waals surface area (Å²) in [5, 5.41) is 0.598. The topological polar surface area (TPSA) is 59.0 Å². The Labute approximate surface area is 156 Å². The second-order valence-electron chi connectivity index (χ2n) is 5.45. The Morgan fingerprint density at radius 2 is 1.85 bits per heavy atom. The number of anilines is 1. The zero-order valence-electron chi connectivity index (χ0n) is 14.5. The molecule has 0 saturated heterocycles. The standard InChI is InChI=1S/C20H18N2O3S/c1-3-25-19(24)15-9-11-16(12-10-15)22-18(23)17(21-20(22)26-2)13-14-7-5-4-6-8-14/h4-13H,3H2,1-2H3/b17-13-. The van der Waals surface area contributed by atoms with Gasteiger partial charge in [0.05, 0.1) is 17.9 Å². The number of ether oxygens (including phenoxy) is 1. The summed E-state index contributed by atoms with van der Waals surface area (Å²) in [5.41, 5.74) is 2.41. The van der Waals surface area contributed by atoms with Crippen LogP contribution in [0.4, 0.5) is 5.69 Å². The van der Waals surface area contributed by atoms with Gasteiger partial charge in [0.1, 0.15) is 5.70 Å². The number of hydrogen-bond acceptors (Lipinski definition) is 5. The van der Waals surface area contributed by atoms with Crippen molar-refractivity contribution in [1.29, 1.82) is 0 Å². The number of amides is 1. The van der Waals surface area contributed by atoms with Crippen molar-refractivity contribution >= 4 is 40.6 Å². The minimum atomic E-state index is -0.379. The molecule has 0 radical (unpaired) electrons. The fourth-order valence-electron chi connectivity index (χ4n) is 2.53. The van der Waals surface area contributed by atoms with Gasteiger partial charge in [-0.25, -0.2) is 9.79 Å². The molecule has 1 amide bonds. The molecule has 0 spiro atoms. The molecular weight excluding hydrogens is 348 g/mol. The maximum absolute atomic E-state index is 12.8. The molecular formula is C20H18N2O3S. The van der Waals surface area contributed by atoms with E-state index in [4.69, 9.17) is 4.74 Å². The van der Waals surface area contributed by atoms with Crippen LogP contribution >= 0.6 is 11.8 Å². The van der Waals surface area contributed by atoms with Crippen LogP contribution in [0.2, 0.25) is 0 Å². The number of carbonyl (C=O) groups is 2. The summed E-state index contributed by atoms with van der Waals surface area (Å²) in [6.45, 7) is 2.08. The molecule has 0 atom stereocenters. The Bertz CT molecular complexity index is 874. The lowest BCUT2D eigenvalue weighted by molar-refractivity contribution is -0.113. The number of aliphatic imine (C=N–C) groups is 1. The first kappa shape index (κ1) is 17.9. The largest absolute Gasteiger partial charge is 0.462 e. The van der Waals surface area contributed by atoms with Gasteiger partial charge < -0.3 is 4.74 Å². The number of benzene rings is 2. The molecule has 0 N–H and O–H groups in total. The minimum absolute atomic E-state index is 0.193. The number of hydrogen-bond donors (Lipinski definition) is 0. The number of carbonyl (C=O) groups excluding carboxylic acids is 2. The van der Waals surface area contributed by atoms with Gasteiger partial charge in [-0.1, -0.05) is 42.1 Å². The molecule has 26 heavy (non-hydrogen) atoms. The van der Waals surface area contributed by atoms with Crippen LogP contribution in [-0.2, 0) is 9.53 Å². The lowest BCUT2D eigenvalue weighted by Crippen LogP contribution is -2.30. The van der Waals surface area contributed by atoms with Crippen molar-refractivity contribution in [2.24, 2.45) is 4.99 Å². The van der Waals surface area contributed by atoms with Crippen molar-refractivity contribution in [1.82, 2.24) is 0 Å². The molecule has 1 heterocycles. The summed E-state index contributed by atoms with van der Waals surface area (Å²) in [5.74, 6) is -0.572. The summed E-state index contributed by atoms with van der Waals surface area (Å²) < 4.78 is 4.98. The van der Waals surface area contributed by atoms with Crippen molar-refractivity contribution in [3.05, 3.63) is 71.4 Å². The third-order valence-corrected chi connectivity index (χ3v) is 4.39. The summed E-state index contributed by atoms with van der Waals surface area (Å²) in [7, 11) is 0. The van der Waals surface area contributed by atoms with Crippen LogP contribution in [0, 0.1) is 0 Å². The highest BCUT2D eigenvalue weighted by atomic mass is 32.2. The molecule has 1 aliphatic heterocycles. The molecule has 2 aromatic carbocycles. The number of nitrogens with zero attached hydrogens (tertiary/aromatic N) is 2. The van der Waals surface area contributed by atoms with Gasteiger partial charge in [-0.3, -0.25) is 9.69 Å². The zero-order chi connectivity index (χ0) is 18.5. The maximum Gasteiger partial charge on any atom is 0.338 e. The van der Waals surface area contributed by atoms with Gasteiger partial charge in [0.2, 0.25) is 0 Å². The lowest BCUT2D eigenvalue weighted by Gasteiger charge is -2.17. The van der Waals surface area contributed by atoms with E-state index in [9.17, 15) is 9.59 Å². The molecule has 0 bridgehead atoms. The molecule has 1 aliphatic rings. The number of amidine groups is 1. The Morgan fingerprint density at radius 3 is 2.46 bits per heavy atom. The number of esters is 1. The first-order valence-corrected chi connectivity index (χ1v) is 9.37. The average Bonchev–Trinajstić information content (AvgIpc) is 2.98. The summed E-state index contributed by atoms with van der Waals surface area (Å²) in [6, 6.07) is 16.3. The third kappa shape index (κ3) is 3.70. The molecule has 132 valence electrons. The first-order chi connectivity index (χ1) is 12.6. The molecule has 2 aromatic rings. The van der Waals surface area contributed by atoms with E-state index in [1.54, 1.807) is 42.2 Å². The second-order valence-corrected chi connectivity index (χ2v) is 6.22. The molecule has 0 aliphatic carbocycles. The lowest BCUT2D eigenvalue weighted by atomic mass is 10.1. The summed E-state index contributed by atoms with van der Waals surface area (Å²) in [4.78, 5) is 30.6. The van der Waals surface area contributed by atoms with Crippen LogP contribution < -0.4 is 4.90 Å². The molecule has 0 saturated carbocycles. The van der Waals surface area contributed by atoms with E-state index in [-0.39, 0.29) is 11.9 Å². The highest BCUT2D eigenvalue weighted by Gasteiger charge is 2.31. The van der Waals surface area contributed by atoms with Gasteiger partial charge in [0.25, 0.3) is 5.91 Å². The summed E-state index contributed by atoms with van der Waals surface area (Å²) in [6.07, 6.45) is 3.64. The Balaban J connectivity index is 1.88. The maximum atomic E-state index is 12.8. The molecule has 6 heteroatoms. The van der Waals surface area contributed by atoms with E-state index in [1.165, 1.54) is 11.8 Å². The van der Waals surface area contributed by atoms with Crippen molar-refractivity contribution in [2.75, 3.05) is 17.8 Å². The van der Waals surface area contributed by atoms with Gasteiger partial charge in [0, 0.05) is 0 Å². The quantitative estimate of drug-likeness (QED) is 0.607. The second kappa shape index (κ2) is 8.01. The highest BCUT2D eigenvalue weighted by Crippen LogP contribution is 2.28. The Kier molecular flexibility index (Phi) is 5.53. The van der Waals surface area contributed by atoms with E-state index in [0.717, 1.165) is 5.56 Å². The third-order valence-electron chi connectivity index (χ3n) is 3.75. The van der Waals surface area contributed by atoms with E-state index in [2.05, 4.69) is 4.99 Å². The highest BCUT2D eigenvalue weighted by molar-refractivity contribution is 8.13. The Morgan fingerprint density at radius 1 is 1.15 bits per heavy atom. The normalized spacial score (nSPS) is 15.3. The van der Waals surface area contributed by atoms with E-state index in [0.29, 0.717) is 28.7 Å². The van der Waals surface area contributed by atoms with E-state index < -0.39 is 0 Å². The smallest absolute Gasteiger partial charge is 0.338 e. The van der Waals surface area contributed by atoms with Crippen molar-refractivity contribution in [3.8, 4) is 0 Å². The van der Waals surface area contributed by atoms with Crippen molar-refractivity contribution in [2.45, 2.75) is 6.92 Å². The fraction of sp³-hybridized carbons (Fsp3) is 0.150. The monoisotopic (exact) mass is 366 g/mol. The average molecular weight is 366 g/mol. The van der Waals surface area contributed by atoms with Crippen LogP contribution in [0.25, 0.3) is 6.08 Å². The van der Waals surface area contributed by atoms with Crippen LogP contribution in [0.15, 0.2) is 65.3 Å². The summed E-state index contributed by atoms with van der Waals surface area (Å²) >= 11 is 1.39. The van der Waals surface area contributed by atoms with Gasteiger partial charge in [-0.2, -0.15) is 0 Å². The van der Waals surface area contributed by atoms with Crippen LogP contribution in [0.3, 0.4) is 0 Å². The van der Waals surface area contributed by atoms with Gasteiger partial charge in [-0.15, -0.1) is 0 Å². The number of rotatable bonds is 4. The van der Waals surface area contributed by atoms with Gasteiger partial charge in [0.15, 0.2) is 5.17 Å². The minimum Gasteiger partial charge on any atom is -0.462 e. The SMILES string of the molecule is CCOC(=O)c1ccc(N2C(=O)/C(=C/c3ccccc3)N=C2SC)cc1. The van der Waals surface area contributed by atoms with Crippen LogP contribution in [0.1, 0.15) is 22.8 Å². The number of thioether (sulfide) groups is 1. The fourth-order valence-corrected chi connectivity index (χ4v) is 3.09. The van der Waals surface area contributed by atoms with Crippen molar-refractivity contribution in [3.63, 3.8) is 0 Å². The predicted octanol–water partition coefficient (Wildman–Crippen LogP) is 3.97. The Hall–Kier alpha value is -2.86. The van der Waals surface area contributed by atoms with Gasteiger partial charge >= 0.3 is 5.97 Å². The molecule has 3 rings (SSSR count). The molecule has 5 nitrogen and oxygen atoms in total. The molecule has 0 fully saturated rings. The molecule has 0 aromatic heterocycles. The van der Waals surface area contributed by atoms with Crippen LogP contribution in [-0.4, -0.2) is 29.9 Å². The van der Waals surface area contributed by atoms with Crippen molar-refractivity contribution < 1.29 is 14.3 Å². The van der Waals surface area contributed by atoms with Gasteiger partial charge in [-0.05, 0) is 49.1 Å². The van der Waals surface area contributed by atoms with Crippen LogP contribution in [0.5, 0.6) is 0 Å². The zero-order valence-corrected chi connectivity index (χ0v) is 15.3. The van der Waals surface area contributed by atoms with E-state index >= 15 is 0 Å². The first-order valence-electron chi connectivity index (χ1n) is 8.15. The molecule has 0 unspecified atom stereocenters. The van der Waals surface area contributed by atoms with E-state index in [1.807, 2.05) is 36.6 Å².